The monoisotopic (exact) mass is 401 g/mol. The molecule has 0 spiro atoms. The minimum Gasteiger partial charge on any atom is -0.370 e. The minimum absolute atomic E-state index is 0.0904. The van der Waals surface area contributed by atoms with E-state index in [-0.39, 0.29) is 5.91 Å². The topological polar surface area (TPSA) is 78.9 Å². The van der Waals surface area contributed by atoms with Crippen LogP contribution in [0.2, 0.25) is 5.02 Å². The number of hydrogen-bond acceptors (Lipinski definition) is 5. The normalized spacial score (nSPS) is 15.2. The summed E-state index contributed by atoms with van der Waals surface area (Å²) in [5.41, 5.74) is 1.50. The van der Waals surface area contributed by atoms with Crippen molar-refractivity contribution in [1.82, 2.24) is 15.3 Å². The van der Waals surface area contributed by atoms with E-state index in [4.69, 9.17) is 11.6 Å². The molecule has 0 radical (unpaired) electrons. The maximum Gasteiger partial charge on any atom is 0.230 e. The third-order valence-electron chi connectivity index (χ3n) is 5.19. The van der Waals surface area contributed by atoms with Gasteiger partial charge in [0.2, 0.25) is 11.9 Å². The van der Waals surface area contributed by atoms with Crippen LogP contribution in [0.5, 0.6) is 0 Å². The second kappa shape index (κ2) is 9.24. The summed E-state index contributed by atoms with van der Waals surface area (Å²) in [6, 6.07) is 9.60. The van der Waals surface area contributed by atoms with Gasteiger partial charge in [-0.25, -0.2) is 4.98 Å². The Hall–Kier alpha value is -2.34. The molecule has 150 valence electrons. The number of hydrogen-bond donors (Lipinski definition) is 3. The number of amides is 1. The molecule has 1 amide bonds. The van der Waals surface area contributed by atoms with E-state index in [1.165, 1.54) is 0 Å². The number of benzene rings is 1. The van der Waals surface area contributed by atoms with Crippen LogP contribution in [0.4, 0.5) is 11.8 Å². The maximum absolute atomic E-state index is 13.0. The molecule has 28 heavy (non-hydrogen) atoms. The highest BCUT2D eigenvalue weighted by atomic mass is 35.5. The van der Waals surface area contributed by atoms with E-state index in [2.05, 4.69) is 25.9 Å². The average Bonchev–Trinajstić information content (AvgIpc) is 3.17. The molecule has 0 aliphatic heterocycles. The fourth-order valence-electron chi connectivity index (χ4n) is 3.83. The first-order valence-electron chi connectivity index (χ1n) is 9.91. The predicted octanol–water partition coefficient (Wildman–Crippen LogP) is 3.91. The van der Waals surface area contributed by atoms with Crippen molar-refractivity contribution < 1.29 is 4.79 Å². The van der Waals surface area contributed by atoms with Crippen molar-refractivity contribution in [2.75, 3.05) is 30.3 Å². The van der Waals surface area contributed by atoms with Crippen LogP contribution >= 0.6 is 11.6 Å². The molecule has 1 aliphatic rings. The number of rotatable bonds is 8. The highest BCUT2D eigenvalue weighted by Crippen LogP contribution is 2.41. The van der Waals surface area contributed by atoms with E-state index in [1.807, 2.05) is 44.2 Å². The summed E-state index contributed by atoms with van der Waals surface area (Å²) >= 11 is 6.02. The molecule has 0 bridgehead atoms. The molecule has 2 aromatic rings. The van der Waals surface area contributed by atoms with Crippen LogP contribution < -0.4 is 16.0 Å². The van der Waals surface area contributed by atoms with Crippen LogP contribution in [-0.4, -0.2) is 35.5 Å². The molecule has 1 aromatic heterocycles. The third-order valence-corrected chi connectivity index (χ3v) is 5.45. The van der Waals surface area contributed by atoms with Crippen molar-refractivity contribution in [3.05, 3.63) is 46.6 Å². The number of aromatic nitrogens is 2. The molecule has 1 fully saturated rings. The molecule has 6 nitrogen and oxygen atoms in total. The molecule has 0 unspecified atom stereocenters. The van der Waals surface area contributed by atoms with E-state index in [9.17, 15) is 4.79 Å². The van der Waals surface area contributed by atoms with Gasteiger partial charge in [0.25, 0.3) is 0 Å². The van der Waals surface area contributed by atoms with Gasteiger partial charge in [-0.15, -0.1) is 0 Å². The van der Waals surface area contributed by atoms with Gasteiger partial charge >= 0.3 is 0 Å². The first kappa shape index (κ1) is 20.4. The maximum atomic E-state index is 13.0. The Morgan fingerprint density at radius 1 is 1.11 bits per heavy atom. The van der Waals surface area contributed by atoms with Crippen LogP contribution in [-0.2, 0) is 10.2 Å². The van der Waals surface area contributed by atoms with Gasteiger partial charge in [0.15, 0.2) is 0 Å². The lowest BCUT2D eigenvalue weighted by Crippen LogP contribution is -2.44. The quantitative estimate of drug-likeness (QED) is 0.584. The van der Waals surface area contributed by atoms with Gasteiger partial charge in [-0.3, -0.25) is 4.79 Å². The largest absolute Gasteiger partial charge is 0.370 e. The number of carbonyl (C=O) groups is 1. The lowest BCUT2D eigenvalue weighted by atomic mass is 9.78. The average molecular weight is 402 g/mol. The second-order valence-corrected chi connectivity index (χ2v) is 7.66. The summed E-state index contributed by atoms with van der Waals surface area (Å²) in [4.78, 5) is 21.9. The Balaban J connectivity index is 1.58. The predicted molar refractivity (Wildman–Crippen MR) is 114 cm³/mol. The zero-order chi connectivity index (χ0) is 20.0. The van der Waals surface area contributed by atoms with Crippen molar-refractivity contribution >= 4 is 29.3 Å². The van der Waals surface area contributed by atoms with Crippen molar-refractivity contribution in [2.24, 2.45) is 0 Å². The lowest BCUT2D eigenvalue weighted by Gasteiger charge is -2.28. The van der Waals surface area contributed by atoms with Crippen LogP contribution in [0.3, 0.4) is 0 Å². The number of anilines is 2. The third kappa shape index (κ3) is 4.73. The molecule has 1 aliphatic carbocycles. The summed E-state index contributed by atoms with van der Waals surface area (Å²) in [7, 11) is 0. The van der Waals surface area contributed by atoms with Crippen molar-refractivity contribution in [3.63, 3.8) is 0 Å². The van der Waals surface area contributed by atoms with E-state index < -0.39 is 5.41 Å². The van der Waals surface area contributed by atoms with E-state index >= 15 is 0 Å². The number of nitrogens with zero attached hydrogens (tertiary/aromatic N) is 2. The Bertz CT molecular complexity index is 803. The van der Waals surface area contributed by atoms with Gasteiger partial charge in [0.1, 0.15) is 5.82 Å². The van der Waals surface area contributed by atoms with E-state index in [0.717, 1.165) is 49.3 Å². The van der Waals surface area contributed by atoms with Gasteiger partial charge in [-0.1, -0.05) is 36.6 Å². The Morgan fingerprint density at radius 3 is 2.50 bits per heavy atom. The van der Waals surface area contributed by atoms with Crippen LogP contribution in [0, 0.1) is 6.92 Å². The first-order valence-corrected chi connectivity index (χ1v) is 10.3. The SMILES string of the molecule is CCNc1cc(C)nc(NCCNC(=O)C2(c3ccc(Cl)cc3)CCCC2)n1. The number of aryl methyl sites for hydroxylation is 1. The van der Waals surface area contributed by atoms with Crippen LogP contribution in [0.25, 0.3) is 0 Å². The minimum atomic E-state index is -0.442. The van der Waals surface area contributed by atoms with Crippen molar-refractivity contribution in [3.8, 4) is 0 Å². The number of nitrogens with one attached hydrogen (secondary N) is 3. The van der Waals surface area contributed by atoms with Crippen molar-refractivity contribution in [1.29, 1.82) is 0 Å². The van der Waals surface area contributed by atoms with Gasteiger partial charge in [0, 0.05) is 36.4 Å². The lowest BCUT2D eigenvalue weighted by molar-refractivity contribution is -0.126. The molecule has 3 rings (SSSR count). The molecule has 1 saturated carbocycles. The molecular formula is C21H28ClN5O. The summed E-state index contributed by atoms with van der Waals surface area (Å²) in [6.07, 6.45) is 3.89. The fourth-order valence-corrected chi connectivity index (χ4v) is 3.96. The molecule has 7 heteroatoms. The molecule has 0 saturated heterocycles. The second-order valence-electron chi connectivity index (χ2n) is 7.23. The highest BCUT2D eigenvalue weighted by molar-refractivity contribution is 6.30. The first-order chi connectivity index (χ1) is 13.5. The van der Waals surface area contributed by atoms with Gasteiger partial charge < -0.3 is 16.0 Å². The zero-order valence-corrected chi connectivity index (χ0v) is 17.3. The zero-order valence-electron chi connectivity index (χ0n) is 16.5. The summed E-state index contributed by atoms with van der Waals surface area (Å²) in [5.74, 6) is 1.46. The smallest absolute Gasteiger partial charge is 0.230 e. The summed E-state index contributed by atoms with van der Waals surface area (Å²) < 4.78 is 0. The van der Waals surface area contributed by atoms with E-state index in [0.29, 0.717) is 24.1 Å². The Morgan fingerprint density at radius 2 is 1.82 bits per heavy atom. The molecule has 3 N–H and O–H groups in total. The fraction of sp³-hybridized carbons (Fsp3) is 0.476. The number of carbonyl (C=O) groups excluding carboxylic acids is 1. The Kier molecular flexibility index (Phi) is 6.73. The molecular weight excluding hydrogens is 374 g/mol. The summed E-state index contributed by atoms with van der Waals surface area (Å²) in [5, 5.41) is 10.2. The van der Waals surface area contributed by atoms with Crippen molar-refractivity contribution in [2.45, 2.75) is 44.9 Å². The Labute approximate surface area is 171 Å². The highest BCUT2D eigenvalue weighted by Gasteiger charge is 2.42. The van der Waals surface area contributed by atoms with Gasteiger partial charge in [-0.2, -0.15) is 4.98 Å². The molecule has 1 heterocycles. The van der Waals surface area contributed by atoms with Crippen LogP contribution in [0.1, 0.15) is 43.9 Å². The van der Waals surface area contributed by atoms with E-state index in [1.54, 1.807) is 0 Å². The van der Waals surface area contributed by atoms with Gasteiger partial charge in [0.05, 0.1) is 5.41 Å². The standard InChI is InChI=1S/C21H28ClN5O/c1-3-23-18-14-15(2)26-20(27-18)25-13-12-24-19(28)21(10-4-5-11-21)16-6-8-17(22)9-7-16/h6-9,14H,3-5,10-13H2,1-2H3,(H,24,28)(H2,23,25,26,27). The number of halogens is 1. The molecule has 0 atom stereocenters. The molecule has 1 aromatic carbocycles. The van der Waals surface area contributed by atoms with Gasteiger partial charge in [-0.05, 0) is 44.4 Å². The van der Waals surface area contributed by atoms with Crippen LogP contribution in [0.15, 0.2) is 30.3 Å². The summed E-state index contributed by atoms with van der Waals surface area (Å²) in [6.45, 7) is 5.85.